The molecule has 1 aliphatic heterocycles. The zero-order chi connectivity index (χ0) is 29.5. The van der Waals surface area contributed by atoms with E-state index in [9.17, 15) is 20.1 Å². The highest BCUT2D eigenvalue weighted by molar-refractivity contribution is 5.82. The van der Waals surface area contributed by atoms with E-state index in [0.717, 1.165) is 23.1 Å². The first-order valence-electron chi connectivity index (χ1n) is 14.8. The monoisotopic (exact) mass is 560 g/mol. The van der Waals surface area contributed by atoms with E-state index in [4.69, 9.17) is 4.84 Å². The van der Waals surface area contributed by atoms with Crippen molar-refractivity contribution < 1.29 is 25.0 Å². The Hall–Kier alpha value is -2.73. The lowest BCUT2D eigenvalue weighted by atomic mass is 9.45. The molecule has 220 valence electrons. The molecule has 41 heavy (non-hydrogen) atoms. The van der Waals surface area contributed by atoms with Gasteiger partial charge in [-0.2, -0.15) is 5.06 Å². The standard InChI is InChI=1S/C34H44N2O5/c1-21-27-17-26(33(27,3)4)18-28(21)35-32(39)31-30(22(2)38)29(20-37)41-36(31)19-24-11-9-10-23(16-24)14-15-34(5,40)25-12-7-6-8-13-25/h6-13,16,21-22,26-31,37-38,40H,17-20H2,1-5H3,(H,35,39)/t21-,22-,26+,27+,28-,29-,30+,31-,34?/m0/s1. The second kappa shape index (κ2) is 11.5. The number of carbonyl (C=O) groups is 1. The van der Waals surface area contributed by atoms with E-state index in [2.05, 4.69) is 37.9 Å². The van der Waals surface area contributed by atoms with Crippen LogP contribution in [0.25, 0.3) is 0 Å². The highest BCUT2D eigenvalue weighted by Crippen LogP contribution is 2.61. The SMILES string of the molecule is C[C@@H]1[C@@H](NC(=O)[C@@H]2[C@H]([C@H](C)O)[C@H](CO)ON2Cc2cccc(C#CC(C)(O)c3ccccc3)c2)C[C@H]2C[C@H]1C2(C)C. The molecule has 0 radical (unpaired) electrons. The van der Waals surface area contributed by atoms with Crippen molar-refractivity contribution in [3.05, 3.63) is 71.3 Å². The number of rotatable bonds is 7. The van der Waals surface area contributed by atoms with Gasteiger partial charge in [-0.3, -0.25) is 9.63 Å². The Kier molecular flexibility index (Phi) is 8.35. The number of carbonyl (C=O) groups excluding carboxylic acids is 1. The van der Waals surface area contributed by atoms with Gasteiger partial charge < -0.3 is 20.6 Å². The van der Waals surface area contributed by atoms with Crippen LogP contribution in [0.15, 0.2) is 54.6 Å². The fourth-order valence-corrected chi connectivity index (χ4v) is 7.44. The quantitative estimate of drug-likeness (QED) is 0.386. The van der Waals surface area contributed by atoms with Crippen LogP contribution in [-0.2, 0) is 21.8 Å². The van der Waals surface area contributed by atoms with E-state index in [1.54, 1.807) is 18.9 Å². The van der Waals surface area contributed by atoms with E-state index in [-0.39, 0.29) is 25.1 Å². The summed E-state index contributed by atoms with van der Waals surface area (Å²) in [4.78, 5) is 20.0. The maximum atomic E-state index is 13.9. The highest BCUT2D eigenvalue weighted by Gasteiger charge is 2.57. The molecule has 4 aliphatic rings. The molecule has 9 atom stereocenters. The second-order valence-electron chi connectivity index (χ2n) is 13.1. The van der Waals surface area contributed by atoms with E-state index in [0.29, 0.717) is 23.2 Å². The first-order valence-corrected chi connectivity index (χ1v) is 14.8. The molecule has 7 nitrogen and oxygen atoms in total. The van der Waals surface area contributed by atoms with Crippen molar-refractivity contribution in [1.29, 1.82) is 0 Å². The van der Waals surface area contributed by atoms with Crippen LogP contribution in [0.3, 0.4) is 0 Å². The van der Waals surface area contributed by atoms with Gasteiger partial charge in [0.25, 0.3) is 0 Å². The molecule has 1 unspecified atom stereocenters. The summed E-state index contributed by atoms with van der Waals surface area (Å²) < 4.78 is 0. The number of aliphatic hydroxyl groups is 3. The van der Waals surface area contributed by atoms with Gasteiger partial charge in [0.1, 0.15) is 17.7 Å². The van der Waals surface area contributed by atoms with Gasteiger partial charge in [-0.15, -0.1) is 0 Å². The Labute approximate surface area is 243 Å². The first kappa shape index (κ1) is 29.8. The van der Waals surface area contributed by atoms with Gasteiger partial charge in [0, 0.05) is 17.5 Å². The van der Waals surface area contributed by atoms with Gasteiger partial charge in [0.05, 0.1) is 19.3 Å². The summed E-state index contributed by atoms with van der Waals surface area (Å²) >= 11 is 0. The Morgan fingerprint density at radius 3 is 2.56 bits per heavy atom. The summed E-state index contributed by atoms with van der Waals surface area (Å²) in [6, 6.07) is 16.3. The summed E-state index contributed by atoms with van der Waals surface area (Å²) in [5, 5.41) is 36.6. The molecule has 6 rings (SSSR count). The number of hydrogen-bond donors (Lipinski definition) is 4. The average molecular weight is 561 g/mol. The normalized spacial score (nSPS) is 32.6. The number of hydrogen-bond acceptors (Lipinski definition) is 6. The fourth-order valence-electron chi connectivity index (χ4n) is 7.44. The minimum Gasteiger partial charge on any atom is -0.394 e. The van der Waals surface area contributed by atoms with Gasteiger partial charge in [0.2, 0.25) is 5.91 Å². The number of hydroxylamine groups is 2. The van der Waals surface area contributed by atoms with Gasteiger partial charge in [-0.25, -0.2) is 0 Å². The van der Waals surface area contributed by atoms with Gasteiger partial charge in [0.15, 0.2) is 0 Å². The largest absolute Gasteiger partial charge is 0.394 e. The molecule has 1 heterocycles. The second-order valence-corrected chi connectivity index (χ2v) is 13.1. The molecule has 3 saturated carbocycles. The van der Waals surface area contributed by atoms with Crippen LogP contribution in [0.1, 0.15) is 64.2 Å². The molecule has 2 aromatic carbocycles. The molecule has 3 aliphatic carbocycles. The number of nitrogens with zero attached hydrogens (tertiary/aromatic N) is 1. The lowest BCUT2D eigenvalue weighted by Gasteiger charge is -2.62. The molecule has 7 heteroatoms. The highest BCUT2D eigenvalue weighted by atomic mass is 16.7. The van der Waals surface area contributed by atoms with Crippen LogP contribution in [0, 0.1) is 40.9 Å². The van der Waals surface area contributed by atoms with Crippen molar-refractivity contribution >= 4 is 5.91 Å². The first-order chi connectivity index (χ1) is 19.4. The fraction of sp³-hybridized carbons (Fsp3) is 0.559. The van der Waals surface area contributed by atoms with Gasteiger partial charge in [-0.05, 0) is 73.1 Å². The van der Waals surface area contributed by atoms with E-state index >= 15 is 0 Å². The third-order valence-corrected chi connectivity index (χ3v) is 10.1. The van der Waals surface area contributed by atoms with Gasteiger partial charge >= 0.3 is 0 Å². The van der Waals surface area contributed by atoms with Crippen molar-refractivity contribution in [2.24, 2.45) is 29.1 Å². The lowest BCUT2D eigenvalue weighted by molar-refractivity contribution is -0.183. The van der Waals surface area contributed by atoms with E-state index in [1.165, 1.54) is 6.42 Å². The van der Waals surface area contributed by atoms with Gasteiger partial charge in [-0.1, -0.05) is 75.1 Å². The van der Waals surface area contributed by atoms with E-state index < -0.39 is 29.8 Å². The summed E-state index contributed by atoms with van der Waals surface area (Å²) in [6.45, 7) is 10.2. The zero-order valence-corrected chi connectivity index (χ0v) is 24.7. The summed E-state index contributed by atoms with van der Waals surface area (Å²) in [5.41, 5.74) is 1.32. The molecule has 1 saturated heterocycles. The maximum absolute atomic E-state index is 13.9. The maximum Gasteiger partial charge on any atom is 0.240 e. The molecule has 4 fully saturated rings. The van der Waals surface area contributed by atoms with Crippen molar-refractivity contribution in [2.75, 3.05) is 6.61 Å². The number of nitrogens with one attached hydrogen (secondary N) is 1. The average Bonchev–Trinajstić information content (AvgIpc) is 3.32. The van der Waals surface area contributed by atoms with Crippen LogP contribution in [0.2, 0.25) is 0 Å². The van der Waals surface area contributed by atoms with Crippen molar-refractivity contribution in [3.8, 4) is 11.8 Å². The Bertz CT molecular complexity index is 1300. The smallest absolute Gasteiger partial charge is 0.240 e. The molecule has 1 amide bonds. The minimum atomic E-state index is -1.30. The minimum absolute atomic E-state index is 0.0833. The number of aliphatic hydroxyl groups excluding tert-OH is 2. The molecule has 0 aromatic heterocycles. The predicted molar refractivity (Wildman–Crippen MR) is 157 cm³/mol. The molecular weight excluding hydrogens is 516 g/mol. The van der Waals surface area contributed by atoms with Crippen molar-refractivity contribution in [1.82, 2.24) is 10.4 Å². The predicted octanol–water partition coefficient (Wildman–Crippen LogP) is 3.61. The zero-order valence-electron chi connectivity index (χ0n) is 24.7. The molecule has 0 spiro atoms. The topological polar surface area (TPSA) is 102 Å². The van der Waals surface area contributed by atoms with Crippen molar-refractivity contribution in [2.45, 2.75) is 83.9 Å². The van der Waals surface area contributed by atoms with Crippen LogP contribution in [0.4, 0.5) is 0 Å². The summed E-state index contributed by atoms with van der Waals surface area (Å²) in [5.74, 6) is 6.88. The Morgan fingerprint density at radius 1 is 1.20 bits per heavy atom. The number of benzene rings is 2. The third kappa shape index (κ3) is 5.82. The van der Waals surface area contributed by atoms with Crippen molar-refractivity contribution in [3.63, 3.8) is 0 Å². The van der Waals surface area contributed by atoms with Crippen LogP contribution in [0.5, 0.6) is 0 Å². The molecule has 2 bridgehead atoms. The molecule has 4 N–H and O–H groups in total. The Morgan fingerprint density at radius 2 is 1.93 bits per heavy atom. The number of fused-ring (bicyclic) bond motifs is 2. The summed E-state index contributed by atoms with van der Waals surface area (Å²) in [7, 11) is 0. The third-order valence-electron chi connectivity index (χ3n) is 10.1. The molecule has 2 aromatic rings. The number of amides is 1. The van der Waals surface area contributed by atoms with Crippen LogP contribution < -0.4 is 5.32 Å². The summed E-state index contributed by atoms with van der Waals surface area (Å²) in [6.07, 6.45) is 0.648. The molecular formula is C34H44N2O5. The van der Waals surface area contributed by atoms with E-state index in [1.807, 2.05) is 54.6 Å². The van der Waals surface area contributed by atoms with Crippen LogP contribution in [-0.4, -0.2) is 57.2 Å². The lowest BCUT2D eigenvalue weighted by Crippen LogP contribution is -2.62. The van der Waals surface area contributed by atoms with Crippen LogP contribution >= 0.6 is 0 Å². The Balaban J connectivity index is 1.34.